The third kappa shape index (κ3) is 4.62. The number of nitrogens with zero attached hydrogens (tertiary/aromatic N) is 2. The lowest BCUT2D eigenvalue weighted by atomic mass is 10.0. The van der Waals surface area contributed by atoms with Crippen molar-refractivity contribution in [3.63, 3.8) is 0 Å². The van der Waals surface area contributed by atoms with E-state index in [-0.39, 0.29) is 24.4 Å². The van der Waals surface area contributed by atoms with Crippen LogP contribution in [-0.4, -0.2) is 33.1 Å². The Morgan fingerprint density at radius 1 is 1.07 bits per heavy atom. The van der Waals surface area contributed by atoms with Crippen LogP contribution >= 0.6 is 0 Å². The van der Waals surface area contributed by atoms with Crippen molar-refractivity contribution in [2.75, 3.05) is 6.54 Å². The topological polar surface area (TPSA) is 101 Å². The number of nitrogens with one attached hydrogen (secondary N) is 1. The Balaban J connectivity index is 1.90. The van der Waals surface area contributed by atoms with Crippen LogP contribution < -0.4 is 10.9 Å². The van der Waals surface area contributed by atoms with Crippen molar-refractivity contribution in [1.29, 1.82) is 0 Å². The van der Waals surface area contributed by atoms with Crippen LogP contribution in [0.5, 0.6) is 0 Å². The molecule has 3 aromatic rings. The lowest BCUT2D eigenvalue weighted by Gasteiger charge is -2.19. The molecule has 0 aliphatic carbocycles. The fraction of sp³-hybridized carbons (Fsp3) is 0.238. The van der Waals surface area contributed by atoms with Crippen LogP contribution in [-0.2, 0) is 16.0 Å². The second-order valence-electron chi connectivity index (χ2n) is 6.47. The number of amides is 1. The van der Waals surface area contributed by atoms with E-state index < -0.39 is 12.0 Å². The van der Waals surface area contributed by atoms with Crippen LogP contribution in [0.2, 0.25) is 0 Å². The number of carboxylic acid groups (broad SMARTS) is 1. The fourth-order valence-corrected chi connectivity index (χ4v) is 3.03. The van der Waals surface area contributed by atoms with Crippen molar-refractivity contribution in [2.24, 2.45) is 0 Å². The predicted molar refractivity (Wildman–Crippen MR) is 105 cm³/mol. The molecule has 0 radical (unpaired) electrons. The van der Waals surface area contributed by atoms with E-state index in [1.165, 1.54) is 10.9 Å². The van der Waals surface area contributed by atoms with E-state index >= 15 is 0 Å². The van der Waals surface area contributed by atoms with Gasteiger partial charge in [-0.05, 0) is 24.1 Å². The summed E-state index contributed by atoms with van der Waals surface area (Å²) in [5, 5.41) is 11.9. The van der Waals surface area contributed by atoms with Gasteiger partial charge in [-0.1, -0.05) is 42.5 Å². The smallest absolute Gasteiger partial charge is 0.303 e. The number of hydrogen-bond acceptors (Lipinski definition) is 4. The number of aromatic nitrogens is 2. The summed E-state index contributed by atoms with van der Waals surface area (Å²) in [6.45, 7) is 0.228. The summed E-state index contributed by atoms with van der Waals surface area (Å²) in [4.78, 5) is 40.7. The van der Waals surface area contributed by atoms with Gasteiger partial charge in [0.25, 0.3) is 5.56 Å². The highest BCUT2D eigenvalue weighted by molar-refractivity contribution is 5.82. The minimum atomic E-state index is -0.912. The van der Waals surface area contributed by atoms with Crippen LogP contribution in [0.1, 0.15) is 24.4 Å². The highest BCUT2D eigenvalue weighted by atomic mass is 16.4. The summed E-state index contributed by atoms with van der Waals surface area (Å²) in [6, 6.07) is 15.6. The molecule has 1 atom stereocenters. The van der Waals surface area contributed by atoms with Crippen molar-refractivity contribution in [2.45, 2.75) is 25.3 Å². The second-order valence-corrected chi connectivity index (χ2v) is 6.47. The van der Waals surface area contributed by atoms with Crippen molar-refractivity contribution in [3.05, 3.63) is 76.8 Å². The van der Waals surface area contributed by atoms with Gasteiger partial charge in [0.2, 0.25) is 5.91 Å². The first-order valence-electron chi connectivity index (χ1n) is 9.05. The van der Waals surface area contributed by atoms with Gasteiger partial charge in [0, 0.05) is 19.4 Å². The van der Waals surface area contributed by atoms with E-state index in [9.17, 15) is 14.4 Å². The second kappa shape index (κ2) is 8.94. The summed E-state index contributed by atoms with van der Waals surface area (Å²) in [7, 11) is 0. The molecule has 0 saturated carbocycles. The Hall–Kier alpha value is -3.48. The van der Waals surface area contributed by atoms with Gasteiger partial charge in [-0.3, -0.25) is 19.0 Å². The van der Waals surface area contributed by atoms with Gasteiger partial charge in [-0.15, -0.1) is 0 Å². The molecule has 144 valence electrons. The molecule has 2 aromatic carbocycles. The molecule has 2 N–H and O–H groups in total. The molecule has 7 nitrogen and oxygen atoms in total. The summed E-state index contributed by atoms with van der Waals surface area (Å²) in [6.07, 6.45) is 2.02. The van der Waals surface area contributed by atoms with Crippen molar-refractivity contribution in [1.82, 2.24) is 14.9 Å². The maximum absolute atomic E-state index is 12.9. The molecule has 0 aliphatic rings. The number of aliphatic carboxylic acids is 1. The molecule has 0 saturated heterocycles. The van der Waals surface area contributed by atoms with Crippen molar-refractivity contribution < 1.29 is 14.7 Å². The van der Waals surface area contributed by atoms with Gasteiger partial charge < -0.3 is 10.4 Å². The molecule has 1 aromatic heterocycles. The molecule has 0 spiro atoms. The molecule has 0 bridgehead atoms. The molecular weight excluding hydrogens is 358 g/mol. The van der Waals surface area contributed by atoms with Crippen LogP contribution in [0, 0.1) is 0 Å². The molecule has 1 unspecified atom stereocenters. The Morgan fingerprint density at radius 2 is 1.79 bits per heavy atom. The van der Waals surface area contributed by atoms with Gasteiger partial charge in [0.15, 0.2) is 0 Å². The third-order valence-corrected chi connectivity index (χ3v) is 4.47. The molecule has 7 heteroatoms. The Labute approximate surface area is 161 Å². The highest BCUT2D eigenvalue weighted by Gasteiger charge is 2.23. The largest absolute Gasteiger partial charge is 0.481 e. The molecule has 3 rings (SSSR count). The number of fused-ring (bicyclic) bond motifs is 1. The van der Waals surface area contributed by atoms with E-state index in [2.05, 4.69) is 10.3 Å². The summed E-state index contributed by atoms with van der Waals surface area (Å²) in [5.41, 5.74) is 1.20. The number of rotatable bonds is 8. The molecular formula is C21H21N3O4. The first-order chi connectivity index (χ1) is 13.6. The zero-order valence-electron chi connectivity index (χ0n) is 15.2. The van der Waals surface area contributed by atoms with Crippen LogP contribution in [0.15, 0.2) is 65.7 Å². The maximum atomic E-state index is 12.9. The maximum Gasteiger partial charge on any atom is 0.303 e. The fourth-order valence-electron chi connectivity index (χ4n) is 3.03. The standard InChI is InChI=1S/C21H21N3O4/c25-19(26)11-6-12-22-20(27)18(13-15-7-2-1-3-8-15)24-14-23-17-10-5-4-9-16(17)21(24)28/h1-5,7-10,14,18H,6,11-13H2,(H,22,27)(H,25,26). The minimum absolute atomic E-state index is 0.0267. The molecule has 1 heterocycles. The minimum Gasteiger partial charge on any atom is -0.481 e. The number of para-hydroxylation sites is 1. The first-order valence-corrected chi connectivity index (χ1v) is 9.05. The average Bonchev–Trinajstić information content (AvgIpc) is 2.71. The summed E-state index contributed by atoms with van der Waals surface area (Å²) >= 11 is 0. The van der Waals surface area contributed by atoms with Crippen LogP contribution in [0.25, 0.3) is 10.9 Å². The van der Waals surface area contributed by atoms with Crippen LogP contribution in [0.4, 0.5) is 0 Å². The van der Waals surface area contributed by atoms with E-state index in [1.54, 1.807) is 24.3 Å². The summed E-state index contributed by atoms with van der Waals surface area (Å²) < 4.78 is 1.35. The summed E-state index contributed by atoms with van der Waals surface area (Å²) in [5.74, 6) is -1.25. The van der Waals surface area contributed by atoms with Crippen LogP contribution in [0.3, 0.4) is 0 Å². The lowest BCUT2D eigenvalue weighted by molar-refractivity contribution is -0.137. The van der Waals surface area contributed by atoms with Gasteiger partial charge in [0.05, 0.1) is 17.2 Å². The SMILES string of the molecule is O=C(O)CCCNC(=O)C(Cc1ccccc1)n1cnc2ccccc2c1=O. The number of benzene rings is 2. The molecule has 0 fully saturated rings. The van der Waals surface area contributed by atoms with Gasteiger partial charge >= 0.3 is 5.97 Å². The number of carboxylic acids is 1. The number of hydrogen-bond donors (Lipinski definition) is 2. The zero-order valence-corrected chi connectivity index (χ0v) is 15.2. The van der Waals surface area contributed by atoms with E-state index in [0.29, 0.717) is 23.7 Å². The van der Waals surface area contributed by atoms with Crippen molar-refractivity contribution in [3.8, 4) is 0 Å². The Kier molecular flexibility index (Phi) is 6.16. The van der Waals surface area contributed by atoms with E-state index in [4.69, 9.17) is 5.11 Å². The Bertz CT molecular complexity index is 1030. The van der Waals surface area contributed by atoms with Gasteiger partial charge in [-0.25, -0.2) is 4.98 Å². The Morgan fingerprint density at radius 3 is 2.54 bits per heavy atom. The van der Waals surface area contributed by atoms with Gasteiger partial charge in [-0.2, -0.15) is 0 Å². The molecule has 28 heavy (non-hydrogen) atoms. The molecule has 0 aliphatic heterocycles. The monoisotopic (exact) mass is 379 g/mol. The quantitative estimate of drug-likeness (QED) is 0.584. The van der Waals surface area contributed by atoms with Gasteiger partial charge in [0.1, 0.15) is 6.04 Å². The number of carbonyl (C=O) groups excluding carboxylic acids is 1. The zero-order chi connectivity index (χ0) is 19.9. The molecule has 1 amide bonds. The highest BCUT2D eigenvalue weighted by Crippen LogP contribution is 2.15. The first kappa shape index (κ1) is 19.3. The predicted octanol–water partition coefficient (Wildman–Crippen LogP) is 2.16. The lowest BCUT2D eigenvalue weighted by Crippen LogP contribution is -2.39. The van der Waals surface area contributed by atoms with E-state index in [0.717, 1.165) is 5.56 Å². The number of carbonyl (C=O) groups is 2. The third-order valence-electron chi connectivity index (χ3n) is 4.47. The van der Waals surface area contributed by atoms with E-state index in [1.807, 2.05) is 30.3 Å². The normalized spacial score (nSPS) is 11.9. The van der Waals surface area contributed by atoms with Crippen molar-refractivity contribution >= 4 is 22.8 Å². The average molecular weight is 379 g/mol.